The van der Waals surface area contributed by atoms with Crippen molar-refractivity contribution in [3.63, 3.8) is 0 Å². The van der Waals surface area contributed by atoms with Gasteiger partial charge < -0.3 is 5.11 Å². The molecule has 0 amide bonds. The van der Waals surface area contributed by atoms with E-state index in [0.29, 0.717) is 16.1 Å². The molecule has 0 saturated carbocycles. The first-order valence-electron chi connectivity index (χ1n) is 4.41. The number of hydrogen-bond acceptors (Lipinski definition) is 1. The first-order chi connectivity index (χ1) is 7.16. The minimum Gasteiger partial charge on any atom is -0.507 e. The van der Waals surface area contributed by atoms with Gasteiger partial charge in [0.2, 0.25) is 0 Å². The molecule has 76 valence electrons. The van der Waals surface area contributed by atoms with Crippen molar-refractivity contribution in [1.29, 1.82) is 0 Å². The molecular weight excluding hydrogens is 215 g/mol. The van der Waals surface area contributed by atoms with E-state index in [1.165, 1.54) is 12.1 Å². The van der Waals surface area contributed by atoms with Crippen LogP contribution in [0.3, 0.4) is 0 Å². The lowest BCUT2D eigenvalue weighted by Gasteiger charge is -2.04. The summed E-state index contributed by atoms with van der Waals surface area (Å²) >= 11 is 5.73. The molecule has 2 aromatic rings. The predicted molar refractivity (Wildman–Crippen MR) is 58.5 cm³/mol. The summed E-state index contributed by atoms with van der Waals surface area (Å²) in [5, 5.41) is 9.89. The molecule has 1 nitrogen and oxygen atoms in total. The Hall–Kier alpha value is -1.54. The molecule has 0 unspecified atom stereocenters. The molecule has 0 atom stereocenters. The second kappa shape index (κ2) is 3.91. The zero-order valence-corrected chi connectivity index (χ0v) is 8.50. The summed E-state index contributed by atoms with van der Waals surface area (Å²) < 4.78 is 13.1. The number of aromatic hydroxyl groups is 1. The van der Waals surface area contributed by atoms with Crippen LogP contribution < -0.4 is 0 Å². The molecule has 15 heavy (non-hydrogen) atoms. The summed E-state index contributed by atoms with van der Waals surface area (Å²) in [5.74, 6) is -0.306. The van der Waals surface area contributed by atoms with Gasteiger partial charge in [-0.2, -0.15) is 0 Å². The third-order valence-corrected chi connectivity index (χ3v) is 2.30. The van der Waals surface area contributed by atoms with Crippen molar-refractivity contribution < 1.29 is 9.50 Å². The summed E-state index contributed by atoms with van der Waals surface area (Å²) in [6.07, 6.45) is 0. The Bertz CT molecular complexity index is 476. The Balaban J connectivity index is 2.59. The Morgan fingerprint density at radius 3 is 2.47 bits per heavy atom. The predicted octanol–water partition coefficient (Wildman–Crippen LogP) is 3.85. The van der Waals surface area contributed by atoms with Crippen LogP contribution in [0.5, 0.6) is 5.75 Å². The highest BCUT2D eigenvalue weighted by Gasteiger charge is 2.05. The number of para-hydroxylation sites is 1. The standard InChI is InChI=1S/C12H8ClFO/c13-9-5-8(6-10(14)7-9)11-3-1-2-4-12(11)15/h1-7,15H. The number of rotatable bonds is 1. The summed E-state index contributed by atoms with van der Waals surface area (Å²) in [6, 6.07) is 10.9. The van der Waals surface area contributed by atoms with Gasteiger partial charge in [-0.05, 0) is 29.8 Å². The molecule has 0 bridgehead atoms. The minimum atomic E-state index is -0.416. The molecule has 0 heterocycles. The molecular formula is C12H8ClFO. The van der Waals surface area contributed by atoms with Gasteiger partial charge in [-0.25, -0.2) is 4.39 Å². The van der Waals surface area contributed by atoms with Gasteiger partial charge in [0.05, 0.1) is 0 Å². The third-order valence-electron chi connectivity index (χ3n) is 2.08. The van der Waals surface area contributed by atoms with Crippen LogP contribution in [-0.2, 0) is 0 Å². The van der Waals surface area contributed by atoms with E-state index in [9.17, 15) is 9.50 Å². The lowest BCUT2D eigenvalue weighted by Crippen LogP contribution is -1.81. The van der Waals surface area contributed by atoms with Crippen molar-refractivity contribution in [2.24, 2.45) is 0 Å². The maximum atomic E-state index is 13.1. The maximum absolute atomic E-state index is 13.1. The first-order valence-corrected chi connectivity index (χ1v) is 4.79. The average Bonchev–Trinajstić information content (AvgIpc) is 2.16. The Kier molecular flexibility index (Phi) is 2.60. The highest BCUT2D eigenvalue weighted by Crippen LogP contribution is 2.30. The molecule has 0 aliphatic rings. The first kappa shape index (κ1) is 9.99. The lowest BCUT2D eigenvalue weighted by molar-refractivity contribution is 0.477. The summed E-state index contributed by atoms with van der Waals surface area (Å²) in [5.41, 5.74) is 1.14. The van der Waals surface area contributed by atoms with Crippen LogP contribution in [0.4, 0.5) is 4.39 Å². The zero-order chi connectivity index (χ0) is 10.8. The van der Waals surface area contributed by atoms with Crippen LogP contribution in [0, 0.1) is 5.82 Å². The van der Waals surface area contributed by atoms with Crippen LogP contribution in [0.15, 0.2) is 42.5 Å². The van der Waals surface area contributed by atoms with Gasteiger partial charge in [0.1, 0.15) is 11.6 Å². The largest absolute Gasteiger partial charge is 0.507 e. The normalized spacial score (nSPS) is 10.3. The fourth-order valence-electron chi connectivity index (χ4n) is 1.43. The van der Waals surface area contributed by atoms with Crippen LogP contribution in [0.2, 0.25) is 5.02 Å². The molecule has 0 spiro atoms. The van der Waals surface area contributed by atoms with E-state index < -0.39 is 5.82 Å². The van der Waals surface area contributed by atoms with E-state index in [1.54, 1.807) is 30.3 Å². The molecule has 0 aliphatic heterocycles. The van der Waals surface area contributed by atoms with Crippen LogP contribution in [-0.4, -0.2) is 5.11 Å². The van der Waals surface area contributed by atoms with Crippen LogP contribution in [0.1, 0.15) is 0 Å². The molecule has 3 heteroatoms. The maximum Gasteiger partial charge on any atom is 0.125 e. The van der Waals surface area contributed by atoms with E-state index >= 15 is 0 Å². The number of phenolic OH excluding ortho intramolecular Hbond substituents is 1. The average molecular weight is 223 g/mol. The number of halogens is 2. The summed E-state index contributed by atoms with van der Waals surface area (Å²) in [4.78, 5) is 0. The quantitative estimate of drug-likeness (QED) is 0.777. The molecule has 0 aliphatic carbocycles. The van der Waals surface area contributed by atoms with Gasteiger partial charge >= 0.3 is 0 Å². The van der Waals surface area contributed by atoms with Crippen molar-refractivity contribution >= 4 is 11.6 Å². The van der Waals surface area contributed by atoms with Gasteiger partial charge in [-0.1, -0.05) is 29.8 Å². The summed E-state index contributed by atoms with van der Waals surface area (Å²) in [6.45, 7) is 0. The van der Waals surface area contributed by atoms with Gasteiger partial charge in [0.25, 0.3) is 0 Å². The fourth-order valence-corrected chi connectivity index (χ4v) is 1.65. The molecule has 2 rings (SSSR count). The van der Waals surface area contributed by atoms with E-state index in [-0.39, 0.29) is 5.75 Å². The molecule has 0 fully saturated rings. The molecule has 0 saturated heterocycles. The fraction of sp³-hybridized carbons (Fsp3) is 0. The molecule has 0 aromatic heterocycles. The van der Waals surface area contributed by atoms with Crippen LogP contribution >= 0.6 is 11.6 Å². The van der Waals surface area contributed by atoms with E-state index in [4.69, 9.17) is 11.6 Å². The second-order valence-electron chi connectivity index (χ2n) is 3.18. The van der Waals surface area contributed by atoms with E-state index in [0.717, 1.165) is 0 Å². The minimum absolute atomic E-state index is 0.110. The monoisotopic (exact) mass is 222 g/mol. The van der Waals surface area contributed by atoms with Crippen LogP contribution in [0.25, 0.3) is 11.1 Å². The SMILES string of the molecule is Oc1ccccc1-c1cc(F)cc(Cl)c1. The van der Waals surface area contributed by atoms with E-state index in [2.05, 4.69) is 0 Å². The smallest absolute Gasteiger partial charge is 0.125 e. The van der Waals surface area contributed by atoms with Gasteiger partial charge in [-0.3, -0.25) is 0 Å². The lowest BCUT2D eigenvalue weighted by atomic mass is 10.0. The van der Waals surface area contributed by atoms with Crippen molar-refractivity contribution in [2.75, 3.05) is 0 Å². The molecule has 1 N–H and O–H groups in total. The van der Waals surface area contributed by atoms with Crippen molar-refractivity contribution in [1.82, 2.24) is 0 Å². The topological polar surface area (TPSA) is 20.2 Å². The van der Waals surface area contributed by atoms with Crippen molar-refractivity contribution in [2.45, 2.75) is 0 Å². The zero-order valence-electron chi connectivity index (χ0n) is 7.74. The van der Waals surface area contributed by atoms with Crippen molar-refractivity contribution in [3.8, 4) is 16.9 Å². The molecule has 0 radical (unpaired) electrons. The molecule has 2 aromatic carbocycles. The third kappa shape index (κ3) is 2.10. The Morgan fingerprint density at radius 2 is 1.80 bits per heavy atom. The number of hydrogen-bond donors (Lipinski definition) is 1. The van der Waals surface area contributed by atoms with Gasteiger partial charge in [0, 0.05) is 10.6 Å². The highest BCUT2D eigenvalue weighted by atomic mass is 35.5. The summed E-state index contributed by atoms with van der Waals surface area (Å²) in [7, 11) is 0. The Morgan fingerprint density at radius 1 is 1.07 bits per heavy atom. The number of phenols is 1. The second-order valence-corrected chi connectivity index (χ2v) is 3.61. The van der Waals surface area contributed by atoms with Gasteiger partial charge in [-0.15, -0.1) is 0 Å². The Labute approximate surface area is 91.8 Å². The van der Waals surface area contributed by atoms with Crippen molar-refractivity contribution in [3.05, 3.63) is 53.3 Å². The van der Waals surface area contributed by atoms with E-state index in [1.807, 2.05) is 0 Å². The van der Waals surface area contributed by atoms with Gasteiger partial charge in [0.15, 0.2) is 0 Å². The number of benzene rings is 2. The highest BCUT2D eigenvalue weighted by molar-refractivity contribution is 6.30.